The lowest BCUT2D eigenvalue weighted by atomic mass is 9.94. The quantitative estimate of drug-likeness (QED) is 0.822. The van der Waals surface area contributed by atoms with Crippen LogP contribution < -0.4 is 4.74 Å². The van der Waals surface area contributed by atoms with Gasteiger partial charge >= 0.3 is 0 Å². The number of aromatic hydroxyl groups is 1. The minimum atomic E-state index is 0.0971. The fourth-order valence-corrected chi connectivity index (χ4v) is 2.58. The molecule has 0 saturated carbocycles. The van der Waals surface area contributed by atoms with Crippen molar-refractivity contribution in [3.05, 3.63) is 59.2 Å². The van der Waals surface area contributed by atoms with Crippen LogP contribution in [0.15, 0.2) is 42.5 Å². The molecule has 92 valence electrons. The molecular weight excluding hydrogens is 224 g/mol. The van der Waals surface area contributed by atoms with E-state index in [1.165, 1.54) is 11.1 Å². The average molecular weight is 240 g/mol. The molecule has 2 heteroatoms. The Kier molecular flexibility index (Phi) is 2.71. The number of hydrogen-bond donors (Lipinski definition) is 1. The van der Waals surface area contributed by atoms with Gasteiger partial charge in [0.25, 0.3) is 0 Å². The summed E-state index contributed by atoms with van der Waals surface area (Å²) < 4.78 is 6.02. The van der Waals surface area contributed by atoms with Crippen LogP contribution in [0.1, 0.15) is 29.2 Å². The molecule has 1 unspecified atom stereocenters. The molecule has 1 atom stereocenters. The average Bonchev–Trinajstić information content (AvgIpc) is 2.39. The highest BCUT2D eigenvalue weighted by atomic mass is 16.5. The van der Waals surface area contributed by atoms with Gasteiger partial charge in [0.05, 0.1) is 0 Å². The molecule has 3 rings (SSSR count). The molecule has 2 nitrogen and oxygen atoms in total. The molecule has 1 heterocycles. The number of hydrogen-bond acceptors (Lipinski definition) is 2. The molecular formula is C16H16O2. The Morgan fingerprint density at radius 3 is 2.72 bits per heavy atom. The normalized spacial score (nSPS) is 17.9. The van der Waals surface area contributed by atoms with Gasteiger partial charge in [-0.05, 0) is 42.5 Å². The molecule has 2 aromatic carbocycles. The van der Waals surface area contributed by atoms with Crippen molar-refractivity contribution >= 4 is 0 Å². The summed E-state index contributed by atoms with van der Waals surface area (Å²) in [4.78, 5) is 0. The van der Waals surface area contributed by atoms with E-state index in [2.05, 4.69) is 12.1 Å². The van der Waals surface area contributed by atoms with Crippen LogP contribution in [0.3, 0.4) is 0 Å². The van der Waals surface area contributed by atoms with Gasteiger partial charge in [-0.1, -0.05) is 30.3 Å². The molecule has 0 bridgehead atoms. The van der Waals surface area contributed by atoms with Crippen molar-refractivity contribution in [2.75, 3.05) is 0 Å². The van der Waals surface area contributed by atoms with E-state index in [-0.39, 0.29) is 11.9 Å². The number of phenolic OH excluding ortho intramolecular Hbond substituents is 1. The third-order valence-electron chi connectivity index (χ3n) is 3.51. The smallest absolute Gasteiger partial charge is 0.127 e. The van der Waals surface area contributed by atoms with Crippen molar-refractivity contribution in [2.24, 2.45) is 0 Å². The van der Waals surface area contributed by atoms with E-state index < -0.39 is 0 Å². The minimum Gasteiger partial charge on any atom is -0.508 e. The van der Waals surface area contributed by atoms with Crippen LogP contribution in [0.25, 0.3) is 0 Å². The van der Waals surface area contributed by atoms with Gasteiger partial charge in [0.2, 0.25) is 0 Å². The van der Waals surface area contributed by atoms with Crippen LogP contribution in [0.4, 0.5) is 0 Å². The van der Waals surface area contributed by atoms with Gasteiger partial charge in [0.1, 0.15) is 17.6 Å². The molecule has 1 aliphatic rings. The zero-order chi connectivity index (χ0) is 12.5. The standard InChI is InChI=1S/C16H16O2/c1-11-9-13(17)10-16-14(11)7-8-15(18-16)12-5-3-2-4-6-12/h2-6,9-10,15,17H,7-8H2,1H3. The number of rotatable bonds is 1. The van der Waals surface area contributed by atoms with E-state index in [9.17, 15) is 5.11 Å². The first-order valence-corrected chi connectivity index (χ1v) is 6.28. The van der Waals surface area contributed by atoms with Gasteiger partial charge < -0.3 is 9.84 Å². The summed E-state index contributed by atoms with van der Waals surface area (Å²) in [7, 11) is 0. The zero-order valence-electron chi connectivity index (χ0n) is 10.4. The molecule has 1 aliphatic heterocycles. The van der Waals surface area contributed by atoms with E-state index in [1.807, 2.05) is 25.1 Å². The van der Waals surface area contributed by atoms with Gasteiger partial charge in [-0.3, -0.25) is 0 Å². The minimum absolute atomic E-state index is 0.0971. The molecule has 1 N–H and O–H groups in total. The highest BCUT2D eigenvalue weighted by Crippen LogP contribution is 2.38. The Balaban J connectivity index is 1.94. The number of ether oxygens (including phenoxy) is 1. The van der Waals surface area contributed by atoms with E-state index in [0.29, 0.717) is 0 Å². The fourth-order valence-electron chi connectivity index (χ4n) is 2.58. The van der Waals surface area contributed by atoms with Gasteiger partial charge in [0, 0.05) is 6.07 Å². The van der Waals surface area contributed by atoms with Crippen molar-refractivity contribution in [3.8, 4) is 11.5 Å². The van der Waals surface area contributed by atoms with E-state index >= 15 is 0 Å². The largest absolute Gasteiger partial charge is 0.508 e. The monoisotopic (exact) mass is 240 g/mol. The first-order chi connectivity index (χ1) is 8.74. The lowest BCUT2D eigenvalue weighted by molar-refractivity contribution is 0.175. The Bertz CT molecular complexity index is 561. The first kappa shape index (κ1) is 11.1. The lowest BCUT2D eigenvalue weighted by Gasteiger charge is -2.27. The summed E-state index contributed by atoms with van der Waals surface area (Å²) in [5, 5.41) is 9.65. The maximum atomic E-state index is 9.65. The second kappa shape index (κ2) is 4.37. The zero-order valence-corrected chi connectivity index (χ0v) is 10.4. The molecule has 18 heavy (non-hydrogen) atoms. The molecule has 0 aliphatic carbocycles. The fraction of sp³-hybridized carbons (Fsp3) is 0.250. The molecule has 0 fully saturated rings. The van der Waals surface area contributed by atoms with Gasteiger partial charge in [-0.25, -0.2) is 0 Å². The van der Waals surface area contributed by atoms with Crippen LogP contribution in [0.2, 0.25) is 0 Å². The van der Waals surface area contributed by atoms with E-state index in [1.54, 1.807) is 12.1 Å². The first-order valence-electron chi connectivity index (χ1n) is 6.28. The molecule has 0 aromatic heterocycles. The Labute approximate surface area is 107 Å². The number of fused-ring (bicyclic) bond motifs is 1. The molecule has 0 saturated heterocycles. The number of phenols is 1. The van der Waals surface area contributed by atoms with Gasteiger partial charge in [0.15, 0.2) is 0 Å². The summed E-state index contributed by atoms with van der Waals surface area (Å²) >= 11 is 0. The van der Waals surface area contributed by atoms with Crippen LogP contribution in [0.5, 0.6) is 11.5 Å². The maximum Gasteiger partial charge on any atom is 0.127 e. The van der Waals surface area contributed by atoms with Crippen LogP contribution in [-0.2, 0) is 6.42 Å². The van der Waals surface area contributed by atoms with Crippen molar-refractivity contribution < 1.29 is 9.84 Å². The van der Waals surface area contributed by atoms with Crippen LogP contribution in [-0.4, -0.2) is 5.11 Å². The van der Waals surface area contributed by atoms with Crippen LogP contribution >= 0.6 is 0 Å². The summed E-state index contributed by atoms with van der Waals surface area (Å²) in [5.41, 5.74) is 3.53. The Hall–Kier alpha value is -1.96. The molecule has 0 radical (unpaired) electrons. The highest BCUT2D eigenvalue weighted by Gasteiger charge is 2.22. The molecule has 0 spiro atoms. The summed E-state index contributed by atoms with van der Waals surface area (Å²) in [5.74, 6) is 1.10. The lowest BCUT2D eigenvalue weighted by Crippen LogP contribution is -2.15. The predicted octanol–water partition coefficient (Wildman–Crippen LogP) is 3.77. The van der Waals surface area contributed by atoms with E-state index in [0.717, 1.165) is 24.2 Å². The third kappa shape index (κ3) is 1.94. The van der Waals surface area contributed by atoms with Gasteiger partial charge in [-0.2, -0.15) is 0 Å². The Morgan fingerprint density at radius 2 is 1.94 bits per heavy atom. The second-order valence-corrected chi connectivity index (χ2v) is 4.80. The van der Waals surface area contributed by atoms with E-state index in [4.69, 9.17) is 4.74 Å². The second-order valence-electron chi connectivity index (χ2n) is 4.80. The van der Waals surface area contributed by atoms with Crippen molar-refractivity contribution in [1.82, 2.24) is 0 Å². The van der Waals surface area contributed by atoms with Crippen molar-refractivity contribution in [2.45, 2.75) is 25.9 Å². The molecule has 0 amide bonds. The predicted molar refractivity (Wildman–Crippen MR) is 71.0 cm³/mol. The third-order valence-corrected chi connectivity index (χ3v) is 3.51. The summed E-state index contributed by atoms with van der Waals surface area (Å²) in [6, 6.07) is 13.8. The van der Waals surface area contributed by atoms with Crippen LogP contribution in [0, 0.1) is 6.92 Å². The van der Waals surface area contributed by atoms with Crippen molar-refractivity contribution in [1.29, 1.82) is 0 Å². The maximum absolute atomic E-state index is 9.65. The number of benzene rings is 2. The topological polar surface area (TPSA) is 29.5 Å². The van der Waals surface area contributed by atoms with Gasteiger partial charge in [-0.15, -0.1) is 0 Å². The highest BCUT2D eigenvalue weighted by molar-refractivity contribution is 5.47. The SMILES string of the molecule is Cc1cc(O)cc2c1CCC(c1ccccc1)O2. The number of aryl methyl sites for hydroxylation is 1. The van der Waals surface area contributed by atoms with Crippen molar-refractivity contribution in [3.63, 3.8) is 0 Å². The Morgan fingerprint density at radius 1 is 1.17 bits per heavy atom. The summed E-state index contributed by atoms with van der Waals surface area (Å²) in [6.07, 6.45) is 2.09. The molecule has 2 aromatic rings. The summed E-state index contributed by atoms with van der Waals surface area (Å²) in [6.45, 7) is 2.02.